The molecule has 0 saturated carbocycles. The third kappa shape index (κ3) is 2.00. The van der Waals surface area contributed by atoms with Crippen LogP contribution < -0.4 is 15.4 Å². The van der Waals surface area contributed by atoms with E-state index in [0.717, 1.165) is 28.8 Å². The fraction of sp³-hybridized carbons (Fsp3) is 0.333. The molecule has 2 aromatic rings. The Balaban J connectivity index is 1.98. The third-order valence-corrected chi connectivity index (χ3v) is 6.70. The Morgan fingerprint density at radius 3 is 2.70 bits per heavy atom. The van der Waals surface area contributed by atoms with Gasteiger partial charge in [-0.1, -0.05) is 24.6 Å². The van der Waals surface area contributed by atoms with Crippen LogP contribution in [0.4, 0.5) is 5.69 Å². The molecule has 1 spiro atoms. The minimum absolute atomic E-state index is 0.00262. The first kappa shape index (κ1) is 18.6. The maximum Gasteiger partial charge on any atom is 0.248 e. The molecule has 0 aliphatic carbocycles. The molecule has 1 amide bonds. The quantitative estimate of drug-likeness (QED) is 0.701. The zero-order valence-electron chi connectivity index (χ0n) is 17.4. The van der Waals surface area contributed by atoms with Crippen LogP contribution in [0.25, 0.3) is 0 Å². The summed E-state index contributed by atoms with van der Waals surface area (Å²) in [5, 5.41) is 20.1. The van der Waals surface area contributed by atoms with Crippen molar-refractivity contribution in [3.8, 4) is 17.6 Å². The van der Waals surface area contributed by atoms with Crippen molar-refractivity contribution in [1.29, 1.82) is 5.26 Å². The fourth-order valence-corrected chi connectivity index (χ4v) is 5.67. The minimum atomic E-state index is -1.39. The summed E-state index contributed by atoms with van der Waals surface area (Å²) in [6.45, 7) is 8.29. The highest BCUT2D eigenvalue weighted by Crippen LogP contribution is 2.61. The molecule has 0 radical (unpaired) electrons. The first-order valence-corrected chi connectivity index (χ1v) is 10.0. The van der Waals surface area contributed by atoms with Crippen molar-refractivity contribution in [1.82, 2.24) is 0 Å². The van der Waals surface area contributed by atoms with Crippen molar-refractivity contribution in [2.45, 2.75) is 51.0 Å². The van der Waals surface area contributed by atoms with E-state index in [1.165, 1.54) is 12.1 Å². The molecule has 3 N–H and O–H groups in total. The summed E-state index contributed by atoms with van der Waals surface area (Å²) >= 11 is 0. The Bertz CT molecular complexity index is 1220. The van der Waals surface area contributed by atoms with Gasteiger partial charge in [-0.15, -0.1) is 0 Å². The largest absolute Gasteiger partial charge is 0.508 e. The van der Waals surface area contributed by atoms with Gasteiger partial charge in [0.05, 0.1) is 5.69 Å². The van der Waals surface area contributed by atoms with Gasteiger partial charge in [0, 0.05) is 22.7 Å². The number of hydrogen-bond acceptors (Lipinski definition) is 5. The number of nitrogens with zero attached hydrogens (tertiary/aromatic N) is 2. The Morgan fingerprint density at radius 1 is 1.27 bits per heavy atom. The Kier molecular flexibility index (Phi) is 3.45. The highest BCUT2D eigenvalue weighted by molar-refractivity contribution is 6.16. The predicted octanol–water partition coefficient (Wildman–Crippen LogP) is 3.71. The Hall–Kier alpha value is -3.46. The summed E-state index contributed by atoms with van der Waals surface area (Å²) in [4.78, 5) is 16.2. The molecule has 0 fully saturated rings. The lowest BCUT2D eigenvalue weighted by Crippen LogP contribution is -2.54. The maximum absolute atomic E-state index is 14.3. The van der Waals surface area contributed by atoms with Gasteiger partial charge < -0.3 is 20.5 Å². The molecule has 3 aliphatic heterocycles. The van der Waals surface area contributed by atoms with E-state index in [1.54, 1.807) is 6.07 Å². The number of hydrogen-bond donors (Lipinski definition) is 2. The van der Waals surface area contributed by atoms with Gasteiger partial charge in [-0.3, -0.25) is 4.79 Å². The lowest BCUT2D eigenvalue weighted by Gasteiger charge is -2.44. The van der Waals surface area contributed by atoms with Gasteiger partial charge in [0.2, 0.25) is 11.8 Å². The monoisotopic (exact) mass is 401 g/mol. The normalized spacial score (nSPS) is 25.6. The number of amides is 1. The molecule has 30 heavy (non-hydrogen) atoms. The van der Waals surface area contributed by atoms with Crippen molar-refractivity contribution in [2.24, 2.45) is 5.73 Å². The predicted molar refractivity (Wildman–Crippen MR) is 112 cm³/mol. The molecule has 0 aromatic heterocycles. The highest BCUT2D eigenvalue weighted by atomic mass is 16.5. The van der Waals surface area contributed by atoms with Gasteiger partial charge in [0.15, 0.2) is 0 Å². The fourth-order valence-electron chi connectivity index (χ4n) is 5.67. The molecule has 6 heteroatoms. The van der Waals surface area contributed by atoms with E-state index in [2.05, 4.69) is 32.9 Å². The van der Waals surface area contributed by atoms with Crippen LogP contribution in [0.3, 0.4) is 0 Å². The smallest absolute Gasteiger partial charge is 0.248 e. The molecule has 3 heterocycles. The van der Waals surface area contributed by atoms with E-state index < -0.39 is 11.0 Å². The van der Waals surface area contributed by atoms with Gasteiger partial charge in [0.1, 0.15) is 28.6 Å². The van der Waals surface area contributed by atoms with Crippen LogP contribution in [0.15, 0.2) is 41.8 Å². The second kappa shape index (κ2) is 5.57. The molecule has 5 rings (SSSR count). The number of aromatic hydroxyl groups is 1. The van der Waals surface area contributed by atoms with E-state index in [4.69, 9.17) is 10.5 Å². The maximum atomic E-state index is 14.3. The number of fused-ring (bicyclic) bond motifs is 3. The lowest BCUT2D eigenvalue weighted by atomic mass is 9.68. The van der Waals surface area contributed by atoms with Crippen molar-refractivity contribution in [3.05, 3.63) is 64.0 Å². The number of carbonyl (C=O) groups excluding carboxylic acids is 1. The number of nitrogens with two attached hydrogens (primary N) is 1. The van der Waals surface area contributed by atoms with Crippen LogP contribution in [0.1, 0.15) is 55.4 Å². The molecule has 0 bridgehead atoms. The minimum Gasteiger partial charge on any atom is -0.508 e. The van der Waals surface area contributed by atoms with E-state index >= 15 is 0 Å². The number of anilines is 1. The van der Waals surface area contributed by atoms with Gasteiger partial charge in [0.25, 0.3) is 0 Å². The highest BCUT2D eigenvalue weighted by Gasteiger charge is 2.63. The summed E-state index contributed by atoms with van der Waals surface area (Å²) in [7, 11) is 0. The summed E-state index contributed by atoms with van der Waals surface area (Å²) in [5.74, 6) is 0.253. The average molecular weight is 401 g/mol. The number of benzene rings is 2. The average Bonchev–Trinajstić information content (AvgIpc) is 2.90. The van der Waals surface area contributed by atoms with Crippen LogP contribution in [-0.4, -0.2) is 16.6 Å². The topological polar surface area (TPSA) is 99.6 Å². The third-order valence-electron chi connectivity index (χ3n) is 6.70. The molecule has 3 aliphatic rings. The van der Waals surface area contributed by atoms with E-state index in [1.807, 2.05) is 17.9 Å². The zero-order chi connectivity index (χ0) is 21.6. The van der Waals surface area contributed by atoms with Crippen molar-refractivity contribution in [2.75, 3.05) is 4.90 Å². The number of ether oxygens (including phenoxy) is 1. The second-order valence-corrected chi connectivity index (χ2v) is 9.19. The molecule has 152 valence electrons. The molecular weight excluding hydrogens is 378 g/mol. The Morgan fingerprint density at radius 2 is 2.00 bits per heavy atom. The van der Waals surface area contributed by atoms with Gasteiger partial charge in [-0.2, -0.15) is 5.26 Å². The SMILES string of the molecule is Cc1cc2c3c(c1)[C@@]1(C(=O)N3C(C)(C)C[C@H]2C)C(C#N)=C(N)Oc2cc(O)ccc21. The second-order valence-electron chi connectivity index (χ2n) is 9.19. The van der Waals surface area contributed by atoms with E-state index in [-0.39, 0.29) is 29.0 Å². The van der Waals surface area contributed by atoms with E-state index in [0.29, 0.717) is 11.3 Å². The van der Waals surface area contributed by atoms with E-state index in [9.17, 15) is 15.2 Å². The van der Waals surface area contributed by atoms with Crippen LogP contribution in [0, 0.1) is 18.3 Å². The van der Waals surface area contributed by atoms with Gasteiger partial charge in [-0.25, -0.2) is 0 Å². The van der Waals surface area contributed by atoms with Crippen LogP contribution in [0.2, 0.25) is 0 Å². The number of carbonyl (C=O) groups is 1. The van der Waals surface area contributed by atoms with Gasteiger partial charge in [-0.05, 0) is 50.8 Å². The molecule has 6 nitrogen and oxygen atoms in total. The molecular formula is C24H23N3O3. The first-order valence-electron chi connectivity index (χ1n) is 10.0. The summed E-state index contributed by atoms with van der Waals surface area (Å²) in [5.41, 5.74) is 8.75. The van der Waals surface area contributed by atoms with Crippen molar-refractivity contribution >= 4 is 11.6 Å². The molecule has 2 aromatic carbocycles. The van der Waals surface area contributed by atoms with Crippen LogP contribution in [-0.2, 0) is 10.2 Å². The number of aryl methyl sites for hydroxylation is 1. The number of phenolic OH excluding ortho intramolecular Hbond substituents is 1. The summed E-state index contributed by atoms with van der Waals surface area (Å²) in [6.07, 6.45) is 0.810. The lowest BCUT2D eigenvalue weighted by molar-refractivity contribution is -0.122. The number of nitriles is 1. The Labute approximate surface area is 175 Å². The molecule has 0 unspecified atom stereocenters. The zero-order valence-corrected chi connectivity index (χ0v) is 17.4. The van der Waals surface area contributed by atoms with Gasteiger partial charge >= 0.3 is 0 Å². The standard InChI is InChI=1S/C24H23N3O3/c1-12-7-15-13(2)10-23(3,4)27-20(15)17(8-12)24(22(27)29)16-6-5-14(28)9-19(16)30-21(26)18(24)11-25/h5-9,13,28H,10,26H2,1-4H3/t13-,24-/m1/s1. The molecule has 2 atom stereocenters. The number of rotatable bonds is 0. The molecule has 0 saturated heterocycles. The van der Waals surface area contributed by atoms with Crippen LogP contribution in [0.5, 0.6) is 11.5 Å². The van der Waals surface area contributed by atoms with Crippen LogP contribution >= 0.6 is 0 Å². The van der Waals surface area contributed by atoms with Crippen molar-refractivity contribution < 1.29 is 14.6 Å². The first-order chi connectivity index (χ1) is 14.1. The summed E-state index contributed by atoms with van der Waals surface area (Å²) < 4.78 is 5.69. The number of phenols is 1. The summed E-state index contributed by atoms with van der Waals surface area (Å²) in [6, 6.07) is 10.9. The van der Waals surface area contributed by atoms with Crippen molar-refractivity contribution in [3.63, 3.8) is 0 Å².